The molecule has 0 bridgehead atoms. The zero-order chi connectivity index (χ0) is 16.3. The fourth-order valence-electron chi connectivity index (χ4n) is 1.58. The molecule has 2 amide bonds. The Morgan fingerprint density at radius 3 is 1.95 bits per heavy atom. The standard InChI is InChI=1S/C12H11I3N2O4.Na/c1-3-16-11(19)5-7(13)6(12(20)21)9(15)10(8(5)14)17-4(2)18;/h3H2,1-2H3,(H,16,19)(H,17,18)(H,20,21);/q;+1/p-1. The smallest absolute Gasteiger partial charge is 0.545 e. The summed E-state index contributed by atoms with van der Waals surface area (Å²) >= 11 is 5.56. The molecule has 10 heteroatoms. The molecule has 0 aliphatic carbocycles. The van der Waals surface area contributed by atoms with E-state index in [9.17, 15) is 19.5 Å². The van der Waals surface area contributed by atoms with E-state index in [0.29, 0.717) is 22.9 Å². The summed E-state index contributed by atoms with van der Waals surface area (Å²) in [6.07, 6.45) is 0. The molecule has 1 rings (SSSR count). The van der Waals surface area contributed by atoms with Crippen LogP contribution in [0.2, 0.25) is 0 Å². The molecule has 0 saturated heterocycles. The van der Waals surface area contributed by atoms with Crippen molar-refractivity contribution in [2.24, 2.45) is 0 Å². The number of hydrogen-bond acceptors (Lipinski definition) is 4. The van der Waals surface area contributed by atoms with Gasteiger partial charge < -0.3 is 20.5 Å². The summed E-state index contributed by atoms with van der Waals surface area (Å²) in [5.41, 5.74) is 0.438. The quantitative estimate of drug-likeness (QED) is 0.309. The van der Waals surface area contributed by atoms with Crippen LogP contribution in [0.25, 0.3) is 0 Å². The van der Waals surface area contributed by atoms with Crippen LogP contribution in [0.15, 0.2) is 0 Å². The normalized spacial score (nSPS) is 9.68. The Balaban J connectivity index is 0.00000441. The molecule has 2 N–H and O–H groups in total. The van der Waals surface area contributed by atoms with Crippen molar-refractivity contribution in [3.05, 3.63) is 21.8 Å². The van der Waals surface area contributed by atoms with Gasteiger partial charge in [-0.15, -0.1) is 0 Å². The van der Waals surface area contributed by atoms with E-state index in [-0.39, 0.29) is 46.6 Å². The number of carbonyl (C=O) groups excluding carboxylic acids is 3. The van der Waals surface area contributed by atoms with Crippen molar-refractivity contribution >= 4 is 91.2 Å². The van der Waals surface area contributed by atoms with Crippen molar-refractivity contribution in [1.29, 1.82) is 0 Å². The molecule has 0 unspecified atom stereocenters. The first-order valence-corrected chi connectivity index (χ1v) is 8.93. The number of anilines is 1. The SMILES string of the molecule is CCNC(=O)c1c(I)c(NC(C)=O)c(I)c(C(=O)[O-])c1I.[Na+]. The van der Waals surface area contributed by atoms with Crippen LogP contribution in [0, 0.1) is 10.7 Å². The third kappa shape index (κ3) is 5.16. The van der Waals surface area contributed by atoms with Crippen LogP contribution in [-0.4, -0.2) is 24.3 Å². The van der Waals surface area contributed by atoms with Crippen LogP contribution in [-0.2, 0) is 4.79 Å². The van der Waals surface area contributed by atoms with Gasteiger partial charge in [0.2, 0.25) is 5.91 Å². The topological polar surface area (TPSA) is 98.3 Å². The molecule has 114 valence electrons. The van der Waals surface area contributed by atoms with Crippen LogP contribution in [0.4, 0.5) is 5.69 Å². The second-order valence-electron chi connectivity index (χ2n) is 3.90. The molecular weight excluding hydrogens is 640 g/mol. The Morgan fingerprint density at radius 2 is 1.55 bits per heavy atom. The first-order chi connectivity index (χ1) is 9.72. The van der Waals surface area contributed by atoms with Gasteiger partial charge in [-0.1, -0.05) is 0 Å². The number of aromatic carboxylic acids is 1. The molecule has 0 atom stereocenters. The van der Waals surface area contributed by atoms with Crippen molar-refractivity contribution in [3.8, 4) is 0 Å². The molecule has 0 spiro atoms. The molecule has 1 aromatic carbocycles. The number of carboxylic acids is 1. The van der Waals surface area contributed by atoms with Crippen LogP contribution in [0.5, 0.6) is 0 Å². The van der Waals surface area contributed by atoms with Crippen LogP contribution in [0.3, 0.4) is 0 Å². The molecule has 22 heavy (non-hydrogen) atoms. The number of nitrogens with one attached hydrogen (secondary N) is 2. The van der Waals surface area contributed by atoms with Gasteiger partial charge in [-0.25, -0.2) is 0 Å². The minimum atomic E-state index is -1.39. The zero-order valence-corrected chi connectivity index (χ0v) is 20.4. The molecule has 0 saturated carbocycles. The van der Waals surface area contributed by atoms with E-state index in [1.165, 1.54) is 6.92 Å². The summed E-state index contributed by atoms with van der Waals surface area (Å²) in [6.45, 7) is 3.49. The van der Waals surface area contributed by atoms with Gasteiger partial charge in [0.25, 0.3) is 5.91 Å². The maximum Gasteiger partial charge on any atom is 1.00 e. The van der Waals surface area contributed by atoms with Crippen molar-refractivity contribution in [3.63, 3.8) is 0 Å². The maximum atomic E-state index is 12.2. The molecule has 0 aromatic heterocycles. The van der Waals surface area contributed by atoms with Crippen LogP contribution >= 0.6 is 67.8 Å². The second-order valence-corrected chi connectivity index (χ2v) is 7.13. The summed E-state index contributed by atoms with van der Waals surface area (Å²) < 4.78 is 1.12. The molecule has 0 fully saturated rings. The Labute approximate surface area is 190 Å². The van der Waals surface area contributed by atoms with Gasteiger partial charge in [0.1, 0.15) is 0 Å². The average Bonchev–Trinajstić information content (AvgIpc) is 2.34. The molecular formula is C12H10I3N2NaO4. The fraction of sp³-hybridized carbons (Fsp3) is 0.250. The first-order valence-electron chi connectivity index (χ1n) is 5.69. The summed E-state index contributed by atoms with van der Waals surface area (Å²) in [7, 11) is 0. The number of rotatable bonds is 4. The number of benzene rings is 1. The van der Waals surface area contributed by atoms with Crippen LogP contribution in [0.1, 0.15) is 34.6 Å². The van der Waals surface area contributed by atoms with Crippen LogP contribution < -0.4 is 45.3 Å². The molecule has 1 aromatic rings. The Morgan fingerprint density at radius 1 is 1.05 bits per heavy atom. The van der Waals surface area contributed by atoms with Gasteiger partial charge in [0.15, 0.2) is 0 Å². The predicted octanol–water partition coefficient (Wildman–Crippen LogP) is -1.42. The Bertz CT molecular complexity index is 638. The summed E-state index contributed by atoms with van der Waals surface area (Å²) in [5, 5.41) is 16.6. The third-order valence-electron chi connectivity index (χ3n) is 2.39. The van der Waals surface area contributed by atoms with E-state index < -0.39 is 11.9 Å². The largest absolute Gasteiger partial charge is 1.00 e. The summed E-state index contributed by atoms with van der Waals surface area (Å²) in [5.74, 6) is -2.13. The van der Waals surface area contributed by atoms with Gasteiger partial charge in [0.05, 0.1) is 20.8 Å². The van der Waals surface area contributed by atoms with E-state index in [0.717, 1.165) is 0 Å². The van der Waals surface area contributed by atoms with E-state index >= 15 is 0 Å². The molecule has 0 aliphatic heterocycles. The number of carboxylic acid groups (broad SMARTS) is 1. The minimum absolute atomic E-state index is 0. The molecule has 6 nitrogen and oxygen atoms in total. The molecule has 0 radical (unpaired) electrons. The number of hydrogen-bond donors (Lipinski definition) is 2. The van der Waals surface area contributed by atoms with Crippen molar-refractivity contribution in [2.75, 3.05) is 11.9 Å². The minimum Gasteiger partial charge on any atom is -0.545 e. The van der Waals surface area contributed by atoms with E-state index in [2.05, 4.69) is 10.6 Å². The van der Waals surface area contributed by atoms with Gasteiger partial charge in [0, 0.05) is 26.2 Å². The first kappa shape index (κ1) is 22.8. The fourth-order valence-corrected chi connectivity index (χ4v) is 5.94. The van der Waals surface area contributed by atoms with Crippen molar-refractivity contribution in [1.82, 2.24) is 5.32 Å². The number of halogens is 3. The number of carbonyl (C=O) groups is 3. The van der Waals surface area contributed by atoms with Crippen molar-refractivity contribution < 1.29 is 49.0 Å². The molecule has 0 aliphatic rings. The number of amides is 2. The second kappa shape index (κ2) is 9.96. The Hall–Kier alpha value is 0.820. The van der Waals surface area contributed by atoms with E-state index in [1.54, 1.807) is 6.92 Å². The van der Waals surface area contributed by atoms with E-state index in [4.69, 9.17) is 0 Å². The van der Waals surface area contributed by atoms with Gasteiger partial charge in [-0.2, -0.15) is 0 Å². The Kier molecular flexibility index (Phi) is 10.3. The summed E-state index contributed by atoms with van der Waals surface area (Å²) in [6, 6.07) is 0. The molecule has 0 heterocycles. The monoisotopic (exact) mass is 650 g/mol. The summed E-state index contributed by atoms with van der Waals surface area (Å²) in [4.78, 5) is 34.8. The maximum absolute atomic E-state index is 12.2. The zero-order valence-electron chi connectivity index (χ0n) is 12.0. The van der Waals surface area contributed by atoms with E-state index in [1.807, 2.05) is 67.8 Å². The predicted molar refractivity (Wildman–Crippen MR) is 101 cm³/mol. The van der Waals surface area contributed by atoms with Gasteiger partial charge in [-0.05, 0) is 74.7 Å². The average molecular weight is 650 g/mol. The third-order valence-corrected chi connectivity index (χ3v) is 5.62. The van der Waals surface area contributed by atoms with Gasteiger partial charge >= 0.3 is 29.6 Å². The van der Waals surface area contributed by atoms with Crippen molar-refractivity contribution in [2.45, 2.75) is 13.8 Å². The van der Waals surface area contributed by atoms with Gasteiger partial charge in [-0.3, -0.25) is 9.59 Å².